The van der Waals surface area contributed by atoms with Gasteiger partial charge in [0.25, 0.3) is 0 Å². The van der Waals surface area contributed by atoms with Crippen molar-refractivity contribution in [2.24, 2.45) is 5.92 Å². The van der Waals surface area contributed by atoms with Gasteiger partial charge in [-0.1, -0.05) is 32.1 Å². The summed E-state index contributed by atoms with van der Waals surface area (Å²) < 4.78 is 5.15. The average Bonchev–Trinajstić information content (AvgIpc) is 2.90. The molecule has 28 heavy (non-hydrogen) atoms. The standard InChI is InChI=1S/C21H37N3O4/c1-21(2,3)28-20(27)22-16-19(26)24-13-7-12-23(14-15-24)18(25)11-10-17-8-5-4-6-9-17/h17H,4-16H2,1-3H3,(H,22,27). The van der Waals surface area contributed by atoms with Gasteiger partial charge in [-0.2, -0.15) is 0 Å². The molecule has 1 N–H and O–H groups in total. The van der Waals surface area contributed by atoms with Crippen molar-refractivity contribution >= 4 is 17.9 Å². The first kappa shape index (κ1) is 22.5. The third kappa shape index (κ3) is 8.07. The van der Waals surface area contributed by atoms with Crippen LogP contribution in [0.25, 0.3) is 0 Å². The molecule has 0 radical (unpaired) electrons. The molecule has 1 saturated carbocycles. The number of hydrogen-bond donors (Lipinski definition) is 1. The van der Waals surface area contributed by atoms with Gasteiger partial charge in [0.2, 0.25) is 11.8 Å². The van der Waals surface area contributed by atoms with Crippen molar-refractivity contribution in [1.29, 1.82) is 0 Å². The van der Waals surface area contributed by atoms with E-state index in [0.717, 1.165) is 12.8 Å². The normalized spacial score (nSPS) is 19.1. The van der Waals surface area contributed by atoms with E-state index in [2.05, 4.69) is 5.32 Å². The summed E-state index contributed by atoms with van der Waals surface area (Å²) in [5.41, 5.74) is -0.589. The molecule has 0 aromatic heterocycles. The molecule has 7 nitrogen and oxygen atoms in total. The van der Waals surface area contributed by atoms with E-state index in [4.69, 9.17) is 4.74 Å². The first-order valence-corrected chi connectivity index (χ1v) is 10.8. The molecule has 0 atom stereocenters. The minimum atomic E-state index is -0.589. The van der Waals surface area contributed by atoms with E-state index in [0.29, 0.717) is 38.5 Å². The SMILES string of the molecule is CC(C)(C)OC(=O)NCC(=O)N1CCCN(C(=O)CCC2CCCCC2)CC1. The number of carbonyl (C=O) groups is 3. The van der Waals surface area contributed by atoms with Crippen LogP contribution in [0.1, 0.15) is 72.1 Å². The summed E-state index contributed by atoms with van der Waals surface area (Å²) >= 11 is 0. The minimum Gasteiger partial charge on any atom is -0.444 e. The fourth-order valence-electron chi connectivity index (χ4n) is 3.95. The maximum Gasteiger partial charge on any atom is 0.408 e. The molecule has 0 aromatic rings. The van der Waals surface area contributed by atoms with Crippen molar-refractivity contribution in [2.45, 2.75) is 77.7 Å². The number of carbonyl (C=O) groups excluding carboxylic acids is 3. The summed E-state index contributed by atoms with van der Waals surface area (Å²) in [6.45, 7) is 7.67. The number of nitrogens with zero attached hydrogens (tertiary/aromatic N) is 2. The summed E-state index contributed by atoms with van der Waals surface area (Å²) in [4.78, 5) is 40.3. The van der Waals surface area contributed by atoms with E-state index in [1.165, 1.54) is 32.1 Å². The lowest BCUT2D eigenvalue weighted by Crippen LogP contribution is -2.43. The summed E-state index contributed by atoms with van der Waals surface area (Å²) in [6, 6.07) is 0. The molecule has 3 amide bonds. The van der Waals surface area contributed by atoms with E-state index >= 15 is 0 Å². The summed E-state index contributed by atoms with van der Waals surface area (Å²) in [5.74, 6) is 0.788. The Kier molecular flexibility index (Phi) is 8.58. The molecule has 160 valence electrons. The molecule has 1 aliphatic carbocycles. The van der Waals surface area contributed by atoms with Crippen LogP contribution in [0.3, 0.4) is 0 Å². The zero-order valence-corrected chi connectivity index (χ0v) is 17.8. The molecule has 2 aliphatic rings. The van der Waals surface area contributed by atoms with Gasteiger partial charge in [0.15, 0.2) is 0 Å². The van der Waals surface area contributed by atoms with Crippen molar-refractivity contribution in [3.05, 3.63) is 0 Å². The van der Waals surface area contributed by atoms with Gasteiger partial charge in [-0.05, 0) is 39.5 Å². The van der Waals surface area contributed by atoms with Crippen molar-refractivity contribution in [2.75, 3.05) is 32.7 Å². The molecular weight excluding hydrogens is 358 g/mol. The Morgan fingerprint density at radius 3 is 2.11 bits per heavy atom. The van der Waals surface area contributed by atoms with E-state index in [1.807, 2.05) is 4.90 Å². The van der Waals surface area contributed by atoms with E-state index < -0.39 is 11.7 Å². The van der Waals surface area contributed by atoms with Crippen LogP contribution in [-0.2, 0) is 14.3 Å². The molecule has 0 unspecified atom stereocenters. The molecule has 1 saturated heterocycles. The monoisotopic (exact) mass is 395 g/mol. The third-order valence-electron chi connectivity index (χ3n) is 5.48. The van der Waals surface area contributed by atoms with Gasteiger partial charge >= 0.3 is 6.09 Å². The highest BCUT2D eigenvalue weighted by Crippen LogP contribution is 2.27. The maximum absolute atomic E-state index is 12.6. The number of amides is 3. The predicted molar refractivity (Wildman–Crippen MR) is 108 cm³/mol. The van der Waals surface area contributed by atoms with Crippen LogP contribution < -0.4 is 5.32 Å². The zero-order chi connectivity index (χ0) is 20.6. The summed E-state index contributed by atoms with van der Waals surface area (Å²) in [7, 11) is 0. The maximum atomic E-state index is 12.6. The highest BCUT2D eigenvalue weighted by molar-refractivity contribution is 5.82. The van der Waals surface area contributed by atoms with Gasteiger partial charge in [0.05, 0.1) is 0 Å². The smallest absolute Gasteiger partial charge is 0.408 e. The highest BCUT2D eigenvalue weighted by atomic mass is 16.6. The molecule has 0 aromatic carbocycles. The molecule has 0 bridgehead atoms. The Hall–Kier alpha value is -1.79. The molecule has 2 fully saturated rings. The van der Waals surface area contributed by atoms with Crippen molar-refractivity contribution < 1.29 is 19.1 Å². The fourth-order valence-corrected chi connectivity index (χ4v) is 3.95. The van der Waals surface area contributed by atoms with E-state index in [-0.39, 0.29) is 18.4 Å². The van der Waals surface area contributed by atoms with E-state index in [9.17, 15) is 14.4 Å². The Balaban J connectivity index is 1.70. The topological polar surface area (TPSA) is 79.0 Å². The third-order valence-corrected chi connectivity index (χ3v) is 5.48. The second-order valence-electron chi connectivity index (χ2n) is 9.01. The van der Waals surface area contributed by atoms with Crippen LogP contribution >= 0.6 is 0 Å². The van der Waals surface area contributed by atoms with E-state index in [1.54, 1.807) is 25.7 Å². The van der Waals surface area contributed by atoms with Crippen molar-refractivity contribution in [3.8, 4) is 0 Å². The van der Waals surface area contributed by atoms with Crippen molar-refractivity contribution in [1.82, 2.24) is 15.1 Å². The second kappa shape index (κ2) is 10.7. The van der Waals surface area contributed by atoms with Gasteiger partial charge in [-0.25, -0.2) is 4.79 Å². The molecule has 7 heteroatoms. The first-order chi connectivity index (χ1) is 13.2. The van der Waals surface area contributed by atoms with Gasteiger partial charge in [-0.15, -0.1) is 0 Å². The van der Waals surface area contributed by atoms with Gasteiger partial charge in [-0.3, -0.25) is 9.59 Å². The Morgan fingerprint density at radius 2 is 1.50 bits per heavy atom. The highest BCUT2D eigenvalue weighted by Gasteiger charge is 2.24. The zero-order valence-electron chi connectivity index (χ0n) is 17.8. The fraction of sp³-hybridized carbons (Fsp3) is 0.857. The molecule has 2 rings (SSSR count). The number of alkyl carbamates (subject to hydrolysis) is 1. The van der Waals surface area contributed by atoms with Crippen LogP contribution in [0.4, 0.5) is 4.79 Å². The molecule has 1 aliphatic heterocycles. The van der Waals surface area contributed by atoms with Gasteiger partial charge in [0, 0.05) is 32.6 Å². The number of ether oxygens (including phenoxy) is 1. The lowest BCUT2D eigenvalue weighted by molar-refractivity contribution is -0.133. The molecular formula is C21H37N3O4. The number of rotatable bonds is 5. The number of nitrogens with one attached hydrogen (secondary N) is 1. The summed E-state index contributed by atoms with van der Waals surface area (Å²) in [5, 5.41) is 2.51. The molecule has 0 spiro atoms. The lowest BCUT2D eigenvalue weighted by atomic mass is 9.86. The van der Waals surface area contributed by atoms with Crippen LogP contribution in [0, 0.1) is 5.92 Å². The second-order valence-corrected chi connectivity index (χ2v) is 9.01. The largest absolute Gasteiger partial charge is 0.444 e. The Morgan fingerprint density at radius 1 is 0.893 bits per heavy atom. The average molecular weight is 396 g/mol. The van der Waals surface area contributed by atoms with Gasteiger partial charge < -0.3 is 19.9 Å². The van der Waals surface area contributed by atoms with Crippen LogP contribution in [0.2, 0.25) is 0 Å². The quantitative estimate of drug-likeness (QED) is 0.776. The lowest BCUT2D eigenvalue weighted by Gasteiger charge is -2.25. The van der Waals surface area contributed by atoms with Crippen molar-refractivity contribution in [3.63, 3.8) is 0 Å². The first-order valence-electron chi connectivity index (χ1n) is 10.8. The Labute approximate surface area is 169 Å². The Bertz CT molecular complexity index is 538. The van der Waals surface area contributed by atoms with Crippen LogP contribution in [-0.4, -0.2) is 66.0 Å². The van der Waals surface area contributed by atoms with Gasteiger partial charge in [0.1, 0.15) is 12.1 Å². The predicted octanol–water partition coefficient (Wildman–Crippen LogP) is 2.93. The number of hydrogen-bond acceptors (Lipinski definition) is 4. The van der Waals surface area contributed by atoms with Crippen LogP contribution in [0.15, 0.2) is 0 Å². The van der Waals surface area contributed by atoms with Crippen LogP contribution in [0.5, 0.6) is 0 Å². The minimum absolute atomic E-state index is 0.0788. The summed E-state index contributed by atoms with van der Waals surface area (Å²) in [6.07, 6.45) is 8.27. The molecule has 1 heterocycles.